The third-order valence-corrected chi connectivity index (χ3v) is 1.81. The predicted octanol–water partition coefficient (Wildman–Crippen LogP) is 0.362. The number of esters is 2. The van der Waals surface area contributed by atoms with E-state index in [1.807, 2.05) is 0 Å². The Kier molecular flexibility index (Phi) is 6.95. The van der Waals surface area contributed by atoms with Crippen molar-refractivity contribution in [2.75, 3.05) is 7.11 Å². The van der Waals surface area contributed by atoms with Crippen LogP contribution in [0.4, 0.5) is 0 Å². The van der Waals surface area contributed by atoms with Crippen LogP contribution in [0, 0.1) is 0 Å². The molecule has 0 aromatic rings. The molecule has 0 aromatic heterocycles. The Morgan fingerprint density at radius 3 is 2.17 bits per heavy atom. The molecule has 0 radical (unpaired) electrons. The van der Waals surface area contributed by atoms with E-state index in [1.54, 1.807) is 0 Å². The second-order valence-electron chi connectivity index (χ2n) is 3.27. The van der Waals surface area contributed by atoms with Crippen LogP contribution < -0.4 is 0 Å². The number of rotatable bonds is 6. The summed E-state index contributed by atoms with van der Waals surface area (Å²) in [5.74, 6) is -1.78. The van der Waals surface area contributed by atoms with Crippen LogP contribution in [0.2, 0.25) is 0 Å². The summed E-state index contributed by atoms with van der Waals surface area (Å²) in [5.41, 5.74) is -0.0575. The van der Waals surface area contributed by atoms with Crippen molar-refractivity contribution in [3.8, 4) is 0 Å². The highest BCUT2D eigenvalue weighted by Crippen LogP contribution is 2.07. The molecule has 0 aliphatic rings. The lowest BCUT2D eigenvalue weighted by Gasteiger charge is -2.12. The molecule has 18 heavy (non-hydrogen) atoms. The molecule has 6 heteroatoms. The molecular weight excluding hydrogens is 240 g/mol. The van der Waals surface area contributed by atoms with Crippen molar-refractivity contribution in [2.45, 2.75) is 20.0 Å². The average molecular weight is 254 g/mol. The van der Waals surface area contributed by atoms with Gasteiger partial charge in [-0.05, 0) is 6.92 Å². The molecule has 0 saturated carbocycles. The van der Waals surface area contributed by atoms with E-state index in [2.05, 4.69) is 4.74 Å². The molecule has 0 unspecified atom stereocenters. The Morgan fingerprint density at radius 2 is 1.78 bits per heavy atom. The lowest BCUT2D eigenvalue weighted by atomic mass is 10.1. The zero-order chi connectivity index (χ0) is 14.1. The number of Topliss-reactive ketones (excluding diaryl/α,β-unsaturated/α-hetero) is 1. The molecule has 0 aliphatic heterocycles. The van der Waals surface area contributed by atoms with E-state index in [-0.39, 0.29) is 5.57 Å². The average Bonchev–Trinajstić information content (AvgIpc) is 2.31. The van der Waals surface area contributed by atoms with Gasteiger partial charge in [-0.3, -0.25) is 14.4 Å². The molecular formula is C12H14O6. The molecule has 6 nitrogen and oxygen atoms in total. The van der Waals surface area contributed by atoms with Gasteiger partial charge in [-0.15, -0.1) is 0 Å². The van der Waals surface area contributed by atoms with Crippen LogP contribution in [0.1, 0.15) is 13.8 Å². The van der Waals surface area contributed by atoms with Crippen LogP contribution in [-0.2, 0) is 28.7 Å². The van der Waals surface area contributed by atoms with E-state index in [1.165, 1.54) is 26.2 Å². The first-order chi connectivity index (χ1) is 8.42. The van der Waals surface area contributed by atoms with Gasteiger partial charge < -0.3 is 9.47 Å². The number of carbonyl (C=O) groups excluding carboxylic acids is 4. The number of ketones is 1. The van der Waals surface area contributed by atoms with Gasteiger partial charge in [0.25, 0.3) is 0 Å². The van der Waals surface area contributed by atoms with Gasteiger partial charge in [0.05, 0.1) is 7.11 Å². The standard InChI is InChI=1S/C12H14O6/c1-8(14)12(18-9(2)15)10(7-13)5-4-6-11(16)17-3/h4-7,12H,1-3H3/b6-4?,10-5-/t12-/m1/s1. The fourth-order valence-electron chi connectivity index (χ4n) is 1.05. The van der Waals surface area contributed by atoms with Crippen LogP contribution >= 0.6 is 0 Å². The maximum Gasteiger partial charge on any atom is 0.330 e. The van der Waals surface area contributed by atoms with Gasteiger partial charge in [0.1, 0.15) is 6.29 Å². The monoisotopic (exact) mass is 254 g/mol. The minimum Gasteiger partial charge on any atom is -0.466 e. The van der Waals surface area contributed by atoms with Crippen molar-refractivity contribution in [1.82, 2.24) is 0 Å². The van der Waals surface area contributed by atoms with Crippen molar-refractivity contribution in [3.05, 3.63) is 23.8 Å². The van der Waals surface area contributed by atoms with Crippen molar-refractivity contribution < 1.29 is 28.7 Å². The lowest BCUT2D eigenvalue weighted by Crippen LogP contribution is -2.27. The molecule has 0 N–H and O–H groups in total. The highest BCUT2D eigenvalue weighted by Gasteiger charge is 2.21. The largest absolute Gasteiger partial charge is 0.466 e. The number of hydrogen-bond donors (Lipinski definition) is 0. The maximum absolute atomic E-state index is 11.2. The minimum absolute atomic E-state index is 0.0575. The summed E-state index contributed by atoms with van der Waals surface area (Å²) in [6.45, 7) is 2.32. The van der Waals surface area contributed by atoms with E-state index >= 15 is 0 Å². The maximum atomic E-state index is 11.2. The van der Waals surface area contributed by atoms with Gasteiger partial charge in [-0.1, -0.05) is 12.2 Å². The third kappa shape index (κ3) is 5.74. The number of ether oxygens (including phenoxy) is 2. The van der Waals surface area contributed by atoms with E-state index in [0.29, 0.717) is 6.29 Å². The summed E-state index contributed by atoms with van der Waals surface area (Å²) < 4.78 is 9.05. The van der Waals surface area contributed by atoms with Crippen molar-refractivity contribution in [1.29, 1.82) is 0 Å². The molecule has 1 atom stereocenters. The molecule has 0 heterocycles. The third-order valence-electron chi connectivity index (χ3n) is 1.81. The predicted molar refractivity (Wildman–Crippen MR) is 61.5 cm³/mol. The summed E-state index contributed by atoms with van der Waals surface area (Å²) in [6.07, 6.45) is 2.63. The van der Waals surface area contributed by atoms with Crippen LogP contribution in [0.15, 0.2) is 23.8 Å². The van der Waals surface area contributed by atoms with Gasteiger partial charge in [0.2, 0.25) is 0 Å². The second kappa shape index (κ2) is 7.94. The lowest BCUT2D eigenvalue weighted by molar-refractivity contribution is -0.150. The number of aldehydes is 1. The van der Waals surface area contributed by atoms with E-state index in [0.717, 1.165) is 13.0 Å². The summed E-state index contributed by atoms with van der Waals surface area (Å²) >= 11 is 0. The van der Waals surface area contributed by atoms with Crippen molar-refractivity contribution >= 4 is 24.0 Å². The van der Waals surface area contributed by atoms with Gasteiger partial charge >= 0.3 is 11.9 Å². The number of carbonyl (C=O) groups is 4. The number of allylic oxidation sites excluding steroid dienone is 2. The number of hydrogen-bond acceptors (Lipinski definition) is 6. The first kappa shape index (κ1) is 15.8. The molecule has 98 valence electrons. The van der Waals surface area contributed by atoms with Crippen LogP contribution in [0.3, 0.4) is 0 Å². The number of methoxy groups -OCH3 is 1. The van der Waals surface area contributed by atoms with Crippen molar-refractivity contribution in [2.24, 2.45) is 0 Å². The summed E-state index contributed by atoms with van der Waals surface area (Å²) in [7, 11) is 1.20. The van der Waals surface area contributed by atoms with Gasteiger partial charge in [0, 0.05) is 18.6 Å². The first-order valence-electron chi connectivity index (χ1n) is 5.01. The normalized spacial score (nSPS) is 12.9. The van der Waals surface area contributed by atoms with E-state index in [4.69, 9.17) is 4.74 Å². The van der Waals surface area contributed by atoms with Gasteiger partial charge in [0.15, 0.2) is 11.9 Å². The zero-order valence-corrected chi connectivity index (χ0v) is 10.3. The first-order valence-corrected chi connectivity index (χ1v) is 5.01. The second-order valence-corrected chi connectivity index (χ2v) is 3.27. The molecule has 0 amide bonds. The quantitative estimate of drug-likeness (QED) is 0.294. The molecule has 0 fully saturated rings. The summed E-state index contributed by atoms with van der Waals surface area (Å²) in [5, 5.41) is 0. The highest BCUT2D eigenvalue weighted by atomic mass is 16.5. The molecule has 0 bridgehead atoms. The van der Waals surface area contributed by atoms with Crippen molar-refractivity contribution in [3.63, 3.8) is 0 Å². The molecule has 0 saturated heterocycles. The Balaban J connectivity index is 5.00. The molecule has 0 spiro atoms. The summed E-state index contributed by atoms with van der Waals surface area (Å²) in [6, 6.07) is 0. The van der Waals surface area contributed by atoms with Gasteiger partial charge in [-0.25, -0.2) is 4.79 Å². The Hall–Kier alpha value is -2.24. The Morgan fingerprint density at radius 1 is 1.17 bits per heavy atom. The smallest absolute Gasteiger partial charge is 0.330 e. The van der Waals surface area contributed by atoms with Crippen LogP contribution in [0.5, 0.6) is 0 Å². The molecule has 0 rings (SSSR count). The topological polar surface area (TPSA) is 86.7 Å². The highest BCUT2D eigenvalue weighted by molar-refractivity contribution is 5.94. The SMILES string of the molecule is COC(=O)C=C/C=C(/C=O)[C@H](OC(C)=O)C(C)=O. The Labute approximate surface area is 104 Å². The zero-order valence-electron chi connectivity index (χ0n) is 10.3. The fraction of sp³-hybridized carbons (Fsp3) is 0.333. The van der Waals surface area contributed by atoms with Gasteiger partial charge in [-0.2, -0.15) is 0 Å². The fourth-order valence-corrected chi connectivity index (χ4v) is 1.05. The summed E-state index contributed by atoms with van der Waals surface area (Å²) in [4.78, 5) is 43.6. The van der Waals surface area contributed by atoms with Crippen LogP contribution in [-0.4, -0.2) is 37.2 Å². The van der Waals surface area contributed by atoms with E-state index in [9.17, 15) is 19.2 Å². The minimum atomic E-state index is -1.26. The molecule has 0 aliphatic carbocycles. The van der Waals surface area contributed by atoms with Crippen LogP contribution in [0.25, 0.3) is 0 Å². The molecule has 0 aromatic carbocycles. The van der Waals surface area contributed by atoms with E-state index < -0.39 is 23.8 Å². The Bertz CT molecular complexity index is 405.